The minimum Gasteiger partial charge on any atom is -0.487 e. The van der Waals surface area contributed by atoms with Crippen molar-refractivity contribution in [1.82, 2.24) is 0 Å². The first-order chi connectivity index (χ1) is 60.8. The maximum atomic E-state index is 6.78. The Morgan fingerprint density at radius 3 is 1.15 bits per heavy atom. The summed E-state index contributed by atoms with van der Waals surface area (Å²) in [4.78, 5) is 0. The molecule has 5 unspecified atom stereocenters. The van der Waals surface area contributed by atoms with Crippen molar-refractivity contribution in [3.63, 3.8) is 0 Å². The molecule has 123 heavy (non-hydrogen) atoms. The van der Waals surface area contributed by atoms with Crippen LogP contribution in [0.5, 0.6) is 17.2 Å². The number of ether oxygens (including phenoxy) is 3. The predicted molar refractivity (Wildman–Crippen MR) is 515 cm³/mol. The highest BCUT2D eigenvalue weighted by molar-refractivity contribution is 6.25. The Morgan fingerprint density at radius 2 is 0.569 bits per heavy atom. The van der Waals surface area contributed by atoms with Crippen molar-refractivity contribution in [2.75, 3.05) is 0 Å². The van der Waals surface area contributed by atoms with Gasteiger partial charge in [0, 0.05) is 16.7 Å². The molecule has 0 radical (unpaired) electrons. The average molecular weight is 1570 g/mol. The molecule has 0 aliphatic carbocycles. The van der Waals surface area contributed by atoms with Gasteiger partial charge in [0.2, 0.25) is 0 Å². The summed E-state index contributed by atoms with van der Waals surface area (Å²) in [5, 5.41) is 25.5. The van der Waals surface area contributed by atoms with E-state index in [0.29, 0.717) is 0 Å². The SMILES string of the molecule is CC1(C)Oc2ccccc2C1c1c2ccccc2c(-c2ccc3ccccc3c2)c2ccccc12.c1ccc(C2Oc3ccccc3C2c2c3ccccc3c(-c3cc4ccccc4c4ccccc34)c3ccccc23)cc1.c1ccc(C2c3ccccc3OC2c2ccc(-c3c4ccccc4c(-c4cccc5ccccc45)c4ccccc34)cc2)cc1. The number of benzene rings is 22. The molecule has 3 aliphatic rings. The van der Waals surface area contributed by atoms with Crippen LogP contribution in [0.1, 0.15) is 88.3 Å². The van der Waals surface area contributed by atoms with Crippen LogP contribution in [0.15, 0.2) is 443 Å². The summed E-state index contributed by atoms with van der Waals surface area (Å²) in [6.07, 6.45) is -0.196. The van der Waals surface area contributed by atoms with Crippen LogP contribution in [0.3, 0.4) is 0 Å². The zero-order chi connectivity index (χ0) is 81.6. The summed E-state index contributed by atoms with van der Waals surface area (Å²) in [7, 11) is 0. The van der Waals surface area contributed by atoms with E-state index in [-0.39, 0.29) is 35.6 Å². The van der Waals surface area contributed by atoms with E-state index in [2.05, 4.69) is 457 Å². The third kappa shape index (κ3) is 12.4. The first-order valence-corrected chi connectivity index (χ1v) is 43.0. The Kier molecular flexibility index (Phi) is 18.0. The maximum Gasteiger partial charge on any atom is 0.135 e. The third-order valence-electron chi connectivity index (χ3n) is 26.3. The van der Waals surface area contributed by atoms with Gasteiger partial charge in [-0.25, -0.2) is 0 Å². The van der Waals surface area contributed by atoms with Crippen LogP contribution in [0.25, 0.3) is 152 Å². The van der Waals surface area contributed by atoms with Gasteiger partial charge in [-0.1, -0.05) is 413 Å². The van der Waals surface area contributed by atoms with E-state index in [1.807, 2.05) is 0 Å². The van der Waals surface area contributed by atoms with Crippen molar-refractivity contribution in [2.45, 2.75) is 49.4 Å². The standard InChI is InChI=1S/C44H30O.C42H28O.C34H26O/c1-2-14-30(15-3-1)42-39-22-10-11-24-40(39)45-44(42)32-27-25-31(26-28-32)41-35-18-6-8-20-37(35)43(38-21-9-7-19-36(38)41)34-23-12-16-29-13-4-5-17-33(29)34;1-2-14-27(15-3-1)42-41(36-24-12-13-25-38(36)43-42)40-34-22-10-8-20-32(34)39(33-21-9-11-23-35(33)40)37-26-28-16-4-5-17-29(28)30-18-6-7-19-31(30)37;1-34(2)33(29-17-9-10-18-30(29)35-34)32-27-15-7-5-13-25(27)31(26-14-6-8-16-28(26)32)24-20-19-22-11-3-4-12-23(22)21-24/h1-28,42,44H;1-26,41-42H;3-21,33H,1-2H3. The number of hydrogen-bond acceptors (Lipinski definition) is 3. The number of fused-ring (bicyclic) bond motifs is 14. The van der Waals surface area contributed by atoms with Crippen LogP contribution in [0, 0.1) is 0 Å². The number of para-hydroxylation sites is 3. The van der Waals surface area contributed by atoms with E-state index in [1.165, 1.54) is 197 Å². The van der Waals surface area contributed by atoms with Crippen molar-refractivity contribution in [1.29, 1.82) is 0 Å². The summed E-state index contributed by atoms with van der Waals surface area (Å²) in [5.74, 6) is 3.28. The van der Waals surface area contributed by atoms with E-state index < -0.39 is 0 Å². The first-order valence-electron chi connectivity index (χ1n) is 43.0. The summed E-state index contributed by atoms with van der Waals surface area (Å²) in [5.41, 5.74) is 19.9. The smallest absolute Gasteiger partial charge is 0.135 e. The molecule has 0 saturated heterocycles. The lowest BCUT2D eigenvalue weighted by molar-refractivity contribution is 0.123. The van der Waals surface area contributed by atoms with Crippen LogP contribution < -0.4 is 14.2 Å². The van der Waals surface area contributed by atoms with Gasteiger partial charge in [-0.15, -0.1) is 0 Å². The van der Waals surface area contributed by atoms with Gasteiger partial charge in [-0.05, 0) is 224 Å². The summed E-state index contributed by atoms with van der Waals surface area (Å²) >= 11 is 0. The molecule has 0 N–H and O–H groups in total. The quantitative estimate of drug-likeness (QED) is 0.106. The second-order valence-electron chi connectivity index (χ2n) is 33.6. The maximum absolute atomic E-state index is 6.78. The highest BCUT2D eigenvalue weighted by Crippen LogP contribution is 2.58. The molecule has 3 heterocycles. The second kappa shape index (κ2) is 30.3. The lowest BCUT2D eigenvalue weighted by Gasteiger charge is -2.30. The zero-order valence-corrected chi connectivity index (χ0v) is 68.3. The molecule has 3 aliphatic heterocycles. The fraction of sp³-hybridized carbons (Fsp3) is 0.0667. The molecule has 0 fully saturated rings. The van der Waals surface area contributed by atoms with Crippen LogP contribution in [-0.2, 0) is 0 Å². The van der Waals surface area contributed by atoms with Crippen molar-refractivity contribution >= 4 is 108 Å². The van der Waals surface area contributed by atoms with E-state index in [0.717, 1.165) is 17.2 Å². The minimum absolute atomic E-state index is 0.0517. The minimum atomic E-state index is -0.348. The topological polar surface area (TPSA) is 27.7 Å². The molecular formula is C120H84O3. The van der Waals surface area contributed by atoms with Crippen LogP contribution in [-0.4, -0.2) is 5.60 Å². The van der Waals surface area contributed by atoms with Gasteiger partial charge in [0.25, 0.3) is 0 Å². The third-order valence-corrected chi connectivity index (χ3v) is 26.3. The van der Waals surface area contributed by atoms with Gasteiger partial charge in [-0.3, -0.25) is 0 Å². The molecule has 5 atom stereocenters. The van der Waals surface area contributed by atoms with Crippen molar-refractivity contribution in [3.8, 4) is 61.8 Å². The van der Waals surface area contributed by atoms with Crippen LogP contribution in [0.4, 0.5) is 0 Å². The zero-order valence-electron chi connectivity index (χ0n) is 68.3. The van der Waals surface area contributed by atoms with Gasteiger partial charge in [0.15, 0.2) is 0 Å². The number of rotatable bonds is 9. The molecular weight excluding hydrogens is 1490 g/mol. The fourth-order valence-electron chi connectivity index (χ4n) is 21.1. The normalized spacial score (nSPS) is 16.1. The Hall–Kier alpha value is -15.2. The Bertz CT molecular complexity index is 7740. The monoisotopic (exact) mass is 1570 g/mol. The van der Waals surface area contributed by atoms with Gasteiger partial charge in [0.1, 0.15) is 35.1 Å². The van der Waals surface area contributed by atoms with Crippen LogP contribution >= 0.6 is 0 Å². The highest BCUT2D eigenvalue weighted by Gasteiger charge is 2.45. The highest BCUT2D eigenvalue weighted by atomic mass is 16.5. The summed E-state index contributed by atoms with van der Waals surface area (Å²) in [6, 6.07) is 161. The molecule has 3 heteroatoms. The molecule has 0 aromatic heterocycles. The Labute approximate surface area is 715 Å². The second-order valence-corrected chi connectivity index (χ2v) is 33.6. The Balaban J connectivity index is 0.000000108. The first kappa shape index (κ1) is 73.0. The van der Waals surface area contributed by atoms with E-state index in [1.54, 1.807) is 0 Å². The average Bonchev–Trinajstić information content (AvgIpc) is 1.70. The van der Waals surface area contributed by atoms with Gasteiger partial charge < -0.3 is 14.2 Å². The lowest BCUT2D eigenvalue weighted by atomic mass is 9.75. The molecule has 0 saturated carbocycles. The lowest BCUT2D eigenvalue weighted by Crippen LogP contribution is -2.31. The molecule has 0 amide bonds. The van der Waals surface area contributed by atoms with Gasteiger partial charge in [-0.2, -0.15) is 0 Å². The van der Waals surface area contributed by atoms with E-state index in [9.17, 15) is 0 Å². The predicted octanol–water partition coefficient (Wildman–Crippen LogP) is 32.1. The molecule has 582 valence electrons. The van der Waals surface area contributed by atoms with Crippen molar-refractivity contribution < 1.29 is 14.2 Å². The molecule has 3 nitrogen and oxygen atoms in total. The molecule has 25 rings (SSSR count). The van der Waals surface area contributed by atoms with Crippen molar-refractivity contribution in [2.24, 2.45) is 0 Å². The largest absolute Gasteiger partial charge is 0.487 e. The number of hydrogen-bond donors (Lipinski definition) is 0. The molecule has 0 bridgehead atoms. The van der Waals surface area contributed by atoms with Gasteiger partial charge in [0.05, 0.1) is 17.8 Å². The summed E-state index contributed by atoms with van der Waals surface area (Å²) < 4.78 is 19.9. The van der Waals surface area contributed by atoms with E-state index in [4.69, 9.17) is 14.2 Å². The molecule has 0 spiro atoms. The summed E-state index contributed by atoms with van der Waals surface area (Å²) in [6.45, 7) is 4.44. The fourth-order valence-corrected chi connectivity index (χ4v) is 21.1. The van der Waals surface area contributed by atoms with Gasteiger partial charge >= 0.3 is 0 Å². The Morgan fingerprint density at radius 1 is 0.203 bits per heavy atom. The molecule has 22 aromatic rings. The van der Waals surface area contributed by atoms with Crippen LogP contribution in [0.2, 0.25) is 0 Å². The van der Waals surface area contributed by atoms with E-state index >= 15 is 0 Å². The van der Waals surface area contributed by atoms with Crippen molar-refractivity contribution in [3.05, 3.63) is 487 Å². The molecule has 22 aromatic carbocycles.